The highest BCUT2D eigenvalue weighted by Crippen LogP contribution is 2.41. The van der Waals surface area contributed by atoms with Gasteiger partial charge in [-0.1, -0.05) is 24.9 Å². The van der Waals surface area contributed by atoms with Crippen LogP contribution in [0.1, 0.15) is 69.4 Å². The zero-order valence-electron chi connectivity index (χ0n) is 16.9. The topological polar surface area (TPSA) is 94.2 Å². The number of hydrogen-bond donors (Lipinski definition) is 2. The molecular formula is C21H29N5O3. The van der Waals surface area contributed by atoms with Crippen LogP contribution < -0.4 is 10.6 Å². The van der Waals surface area contributed by atoms with Crippen LogP contribution in [0, 0.1) is 5.92 Å². The number of rotatable bonds is 6. The number of amides is 2. The smallest absolute Gasteiger partial charge is 0.320 e. The summed E-state index contributed by atoms with van der Waals surface area (Å²) >= 11 is 0. The minimum absolute atomic E-state index is 0.0355. The third-order valence-electron chi connectivity index (χ3n) is 6.63. The molecule has 8 nitrogen and oxygen atoms in total. The van der Waals surface area contributed by atoms with Gasteiger partial charge in [0.2, 0.25) is 0 Å². The van der Waals surface area contributed by atoms with Crippen LogP contribution in [0.25, 0.3) is 0 Å². The largest absolute Gasteiger partial charge is 0.370 e. The Morgan fingerprint density at radius 2 is 2.14 bits per heavy atom. The average molecular weight is 399 g/mol. The molecule has 0 unspecified atom stereocenters. The van der Waals surface area contributed by atoms with Crippen molar-refractivity contribution in [3.8, 4) is 0 Å². The van der Waals surface area contributed by atoms with Gasteiger partial charge >= 0.3 is 6.03 Å². The summed E-state index contributed by atoms with van der Waals surface area (Å²) in [5, 5.41) is 14.4. The molecule has 3 aliphatic rings. The molecule has 2 N–H and O–H groups in total. The van der Waals surface area contributed by atoms with Gasteiger partial charge in [-0.3, -0.25) is 10.00 Å². The van der Waals surface area contributed by atoms with Crippen molar-refractivity contribution in [3.05, 3.63) is 29.8 Å². The predicted molar refractivity (Wildman–Crippen MR) is 107 cm³/mol. The van der Waals surface area contributed by atoms with E-state index in [2.05, 4.69) is 27.8 Å². The number of urea groups is 1. The fourth-order valence-corrected chi connectivity index (χ4v) is 4.65. The van der Waals surface area contributed by atoms with E-state index in [1.54, 1.807) is 0 Å². The summed E-state index contributed by atoms with van der Waals surface area (Å²) < 4.78 is 13.5. The van der Waals surface area contributed by atoms with Crippen LogP contribution >= 0.6 is 0 Å². The summed E-state index contributed by atoms with van der Waals surface area (Å²) in [6.45, 7) is 3.76. The van der Waals surface area contributed by atoms with Crippen LogP contribution in [0.5, 0.6) is 0 Å². The van der Waals surface area contributed by atoms with Gasteiger partial charge in [0.15, 0.2) is 5.82 Å². The van der Waals surface area contributed by atoms with Crippen molar-refractivity contribution in [2.45, 2.75) is 76.0 Å². The van der Waals surface area contributed by atoms with E-state index in [0.29, 0.717) is 12.4 Å². The number of aromatic nitrogens is 3. The van der Waals surface area contributed by atoms with Gasteiger partial charge in [-0.15, -0.1) is 0 Å². The Kier molecular flexibility index (Phi) is 4.81. The van der Waals surface area contributed by atoms with Crippen LogP contribution in [0.3, 0.4) is 0 Å². The second kappa shape index (κ2) is 7.48. The van der Waals surface area contributed by atoms with Crippen LogP contribution in [0.2, 0.25) is 0 Å². The van der Waals surface area contributed by atoms with Gasteiger partial charge in [-0.2, -0.15) is 5.10 Å². The maximum atomic E-state index is 12.6. The Morgan fingerprint density at radius 3 is 2.93 bits per heavy atom. The SMILES string of the molecule is CC1(c2cc(NC(=O)N[C@@H]3CCO[C@H]3c3ccnn3CC3CC3)no2)CCCC1. The molecule has 2 saturated carbocycles. The van der Waals surface area contributed by atoms with Crippen molar-refractivity contribution in [1.29, 1.82) is 0 Å². The molecule has 5 rings (SSSR count). The molecule has 2 amide bonds. The van der Waals surface area contributed by atoms with E-state index in [9.17, 15) is 4.79 Å². The zero-order valence-corrected chi connectivity index (χ0v) is 16.9. The van der Waals surface area contributed by atoms with Crippen molar-refractivity contribution >= 4 is 11.8 Å². The lowest BCUT2D eigenvalue weighted by Gasteiger charge is -2.21. The number of nitrogens with one attached hydrogen (secondary N) is 2. The first-order chi connectivity index (χ1) is 14.1. The van der Waals surface area contributed by atoms with Gasteiger partial charge in [0.25, 0.3) is 0 Å². The minimum atomic E-state index is -0.282. The molecule has 2 atom stereocenters. The quantitative estimate of drug-likeness (QED) is 0.771. The number of anilines is 1. The summed E-state index contributed by atoms with van der Waals surface area (Å²) in [4.78, 5) is 12.6. The first-order valence-corrected chi connectivity index (χ1v) is 10.8. The molecule has 156 valence electrons. The van der Waals surface area contributed by atoms with Crippen molar-refractivity contribution < 1.29 is 14.1 Å². The van der Waals surface area contributed by atoms with E-state index in [0.717, 1.165) is 43.2 Å². The van der Waals surface area contributed by atoms with Crippen LogP contribution in [-0.2, 0) is 16.7 Å². The maximum Gasteiger partial charge on any atom is 0.320 e. The second-order valence-corrected chi connectivity index (χ2v) is 9.01. The molecule has 29 heavy (non-hydrogen) atoms. The molecule has 3 fully saturated rings. The van der Waals surface area contributed by atoms with E-state index in [4.69, 9.17) is 9.26 Å². The molecule has 2 aromatic heterocycles. The normalized spacial score (nSPS) is 26.0. The second-order valence-electron chi connectivity index (χ2n) is 9.01. The third-order valence-corrected chi connectivity index (χ3v) is 6.63. The summed E-state index contributed by atoms with van der Waals surface area (Å²) in [5.41, 5.74) is 1.07. The van der Waals surface area contributed by atoms with E-state index in [1.807, 2.05) is 23.0 Å². The average Bonchev–Trinajstić information content (AvgIpc) is 3.14. The van der Waals surface area contributed by atoms with E-state index >= 15 is 0 Å². The third kappa shape index (κ3) is 3.90. The monoisotopic (exact) mass is 399 g/mol. The van der Waals surface area contributed by atoms with Gasteiger partial charge < -0.3 is 14.6 Å². The van der Waals surface area contributed by atoms with E-state index in [1.165, 1.54) is 25.7 Å². The summed E-state index contributed by atoms with van der Waals surface area (Å²) in [6.07, 6.45) is 9.58. The fraction of sp³-hybridized carbons (Fsp3) is 0.667. The van der Waals surface area contributed by atoms with Crippen LogP contribution in [0.4, 0.5) is 10.6 Å². The Morgan fingerprint density at radius 1 is 1.31 bits per heavy atom. The summed E-state index contributed by atoms with van der Waals surface area (Å²) in [6, 6.07) is 3.48. The minimum Gasteiger partial charge on any atom is -0.370 e. The number of hydrogen-bond acceptors (Lipinski definition) is 5. The Balaban J connectivity index is 1.21. The number of nitrogens with zero attached hydrogens (tertiary/aromatic N) is 3. The molecule has 0 aromatic carbocycles. The number of carbonyl (C=O) groups is 1. The lowest BCUT2D eigenvalue weighted by Crippen LogP contribution is -2.40. The molecule has 2 aromatic rings. The van der Waals surface area contributed by atoms with Crippen molar-refractivity contribution in [1.82, 2.24) is 20.3 Å². The molecule has 8 heteroatoms. The van der Waals surface area contributed by atoms with Crippen molar-refractivity contribution in [3.63, 3.8) is 0 Å². The number of ether oxygens (including phenoxy) is 1. The van der Waals surface area contributed by atoms with E-state index in [-0.39, 0.29) is 23.6 Å². The molecule has 1 saturated heterocycles. The van der Waals surface area contributed by atoms with Crippen molar-refractivity contribution in [2.75, 3.05) is 11.9 Å². The molecule has 0 bridgehead atoms. The lowest BCUT2D eigenvalue weighted by atomic mass is 9.86. The molecule has 1 aliphatic heterocycles. The van der Waals surface area contributed by atoms with Crippen molar-refractivity contribution in [2.24, 2.45) is 5.92 Å². The first-order valence-electron chi connectivity index (χ1n) is 10.8. The standard InChI is InChI=1S/C21H29N5O3/c1-21(8-2-3-9-21)17-12-18(25-29-17)24-20(27)23-15-7-11-28-19(15)16-6-10-22-26(16)13-14-4-5-14/h6,10,12,14-15,19H,2-5,7-9,11,13H2,1H3,(H2,23,24,25,27)/t15-,19-/m1/s1. The summed E-state index contributed by atoms with van der Waals surface area (Å²) in [7, 11) is 0. The first kappa shape index (κ1) is 18.7. The fourth-order valence-electron chi connectivity index (χ4n) is 4.65. The number of carbonyl (C=O) groups excluding carboxylic acids is 1. The van der Waals surface area contributed by atoms with Gasteiger partial charge in [0.1, 0.15) is 11.9 Å². The highest BCUT2D eigenvalue weighted by atomic mass is 16.5. The molecule has 2 aliphatic carbocycles. The van der Waals surface area contributed by atoms with Gasteiger partial charge in [0, 0.05) is 30.8 Å². The Hall–Kier alpha value is -2.35. The molecule has 0 radical (unpaired) electrons. The highest BCUT2D eigenvalue weighted by Gasteiger charge is 2.36. The molecule has 3 heterocycles. The Labute approximate surface area is 170 Å². The zero-order chi connectivity index (χ0) is 19.8. The van der Waals surface area contributed by atoms with Crippen LogP contribution in [0.15, 0.2) is 22.9 Å². The highest BCUT2D eigenvalue weighted by molar-refractivity contribution is 5.88. The lowest BCUT2D eigenvalue weighted by molar-refractivity contribution is 0.0926. The predicted octanol–water partition coefficient (Wildman–Crippen LogP) is 3.76. The van der Waals surface area contributed by atoms with Crippen LogP contribution in [-0.4, -0.2) is 33.6 Å². The summed E-state index contributed by atoms with van der Waals surface area (Å²) in [5.74, 6) is 2.05. The van der Waals surface area contributed by atoms with Gasteiger partial charge in [-0.05, 0) is 44.1 Å². The maximum absolute atomic E-state index is 12.6. The van der Waals surface area contributed by atoms with Gasteiger partial charge in [0.05, 0.1) is 11.7 Å². The van der Waals surface area contributed by atoms with E-state index < -0.39 is 0 Å². The molecule has 0 spiro atoms. The van der Waals surface area contributed by atoms with Gasteiger partial charge in [-0.25, -0.2) is 4.79 Å². The molecular weight excluding hydrogens is 370 g/mol. The Bertz CT molecular complexity index is 865.